The summed E-state index contributed by atoms with van der Waals surface area (Å²) in [6.07, 6.45) is 16.1. The van der Waals surface area contributed by atoms with Crippen molar-refractivity contribution in [2.45, 2.75) is 90.9 Å². The van der Waals surface area contributed by atoms with Gasteiger partial charge in [-0.25, -0.2) is 0 Å². The Hall–Kier alpha value is -1.56. The van der Waals surface area contributed by atoms with Crippen LogP contribution in [0.4, 0.5) is 0 Å². The fourth-order valence-corrected chi connectivity index (χ4v) is 4.64. The minimum absolute atomic E-state index is 0.912. The molecule has 0 heterocycles. The minimum atomic E-state index is 0.912. The number of fused-ring (bicyclic) bond motifs is 1. The van der Waals surface area contributed by atoms with Gasteiger partial charge in [0.05, 0.1) is 0 Å². The highest BCUT2D eigenvalue weighted by atomic mass is 14.2. The molecule has 0 radical (unpaired) electrons. The summed E-state index contributed by atoms with van der Waals surface area (Å²) < 4.78 is 0. The molecule has 1 unspecified atom stereocenters. The van der Waals surface area contributed by atoms with E-state index in [-0.39, 0.29) is 0 Å². The summed E-state index contributed by atoms with van der Waals surface area (Å²) in [5.41, 5.74) is 7.46. The summed E-state index contributed by atoms with van der Waals surface area (Å²) in [6, 6.07) is 16.6. The van der Waals surface area contributed by atoms with E-state index < -0.39 is 0 Å². The predicted molar refractivity (Wildman–Crippen MR) is 119 cm³/mol. The van der Waals surface area contributed by atoms with Crippen LogP contribution in [0.15, 0.2) is 42.5 Å². The van der Waals surface area contributed by atoms with E-state index in [1.807, 2.05) is 0 Å². The van der Waals surface area contributed by atoms with Gasteiger partial charge < -0.3 is 0 Å². The molecule has 0 saturated heterocycles. The van der Waals surface area contributed by atoms with E-state index in [2.05, 4.69) is 56.3 Å². The molecule has 0 amide bonds. The minimum Gasteiger partial charge on any atom is -0.0654 e. The monoisotopic (exact) mass is 362 g/mol. The van der Waals surface area contributed by atoms with Gasteiger partial charge in [0.25, 0.3) is 0 Å². The van der Waals surface area contributed by atoms with Gasteiger partial charge in [-0.15, -0.1) is 0 Å². The van der Waals surface area contributed by atoms with Gasteiger partial charge >= 0.3 is 0 Å². The van der Waals surface area contributed by atoms with Crippen LogP contribution in [0.1, 0.15) is 88.3 Å². The van der Waals surface area contributed by atoms with Crippen molar-refractivity contribution in [3.63, 3.8) is 0 Å². The highest BCUT2D eigenvalue weighted by Gasteiger charge is 2.18. The summed E-state index contributed by atoms with van der Waals surface area (Å²) >= 11 is 0. The van der Waals surface area contributed by atoms with Crippen LogP contribution in [-0.4, -0.2) is 0 Å². The van der Waals surface area contributed by atoms with E-state index in [4.69, 9.17) is 0 Å². The number of rotatable bonds is 10. The van der Waals surface area contributed by atoms with Crippen molar-refractivity contribution in [3.8, 4) is 11.1 Å². The molecule has 146 valence electrons. The molecule has 0 aliphatic heterocycles. The first-order chi connectivity index (χ1) is 13.3. The van der Waals surface area contributed by atoms with Crippen LogP contribution in [0.25, 0.3) is 11.1 Å². The average molecular weight is 363 g/mol. The molecule has 0 spiro atoms. The quantitative estimate of drug-likeness (QED) is 0.374. The summed E-state index contributed by atoms with van der Waals surface area (Å²) in [5.74, 6) is 0.912. The van der Waals surface area contributed by atoms with E-state index in [0.29, 0.717) is 0 Å². The zero-order valence-corrected chi connectivity index (χ0v) is 17.6. The molecule has 0 N–H and O–H groups in total. The van der Waals surface area contributed by atoms with E-state index in [9.17, 15) is 0 Å². The third-order valence-corrected chi connectivity index (χ3v) is 6.34. The highest BCUT2D eigenvalue weighted by Crippen LogP contribution is 2.31. The molecule has 1 aliphatic carbocycles. The van der Waals surface area contributed by atoms with Gasteiger partial charge in [0.15, 0.2) is 0 Å². The lowest BCUT2D eigenvalue weighted by Crippen LogP contribution is -2.14. The largest absolute Gasteiger partial charge is 0.0654 e. The molecule has 2 aromatic carbocycles. The molecule has 3 rings (SSSR count). The van der Waals surface area contributed by atoms with Crippen molar-refractivity contribution in [1.29, 1.82) is 0 Å². The van der Waals surface area contributed by atoms with E-state index in [1.54, 1.807) is 11.1 Å². The van der Waals surface area contributed by atoms with Crippen molar-refractivity contribution in [3.05, 3.63) is 59.2 Å². The van der Waals surface area contributed by atoms with E-state index in [1.165, 1.54) is 93.7 Å². The molecular formula is C27H38. The molecule has 0 aromatic heterocycles. The predicted octanol–water partition coefficient (Wildman–Crippen LogP) is 8.16. The maximum Gasteiger partial charge on any atom is -0.0181 e. The Morgan fingerprint density at radius 3 is 2.26 bits per heavy atom. The SMILES string of the molecule is CCCCCCCCc1ccc(-c2ccc3c(c2)CCC(CCC)C3)cc1. The van der Waals surface area contributed by atoms with Gasteiger partial charge in [-0.1, -0.05) is 101 Å². The second-order valence-corrected chi connectivity index (χ2v) is 8.60. The summed E-state index contributed by atoms with van der Waals surface area (Å²) in [4.78, 5) is 0. The molecule has 1 atom stereocenters. The lowest BCUT2D eigenvalue weighted by molar-refractivity contribution is 0.423. The molecule has 0 heteroatoms. The Morgan fingerprint density at radius 1 is 0.741 bits per heavy atom. The van der Waals surface area contributed by atoms with Crippen LogP contribution < -0.4 is 0 Å². The lowest BCUT2D eigenvalue weighted by Gasteiger charge is -2.25. The first kappa shape index (κ1) is 20.2. The van der Waals surface area contributed by atoms with Crippen LogP contribution in [0.2, 0.25) is 0 Å². The lowest BCUT2D eigenvalue weighted by atomic mass is 9.81. The second kappa shape index (κ2) is 10.7. The molecule has 2 aromatic rings. The van der Waals surface area contributed by atoms with Crippen molar-refractivity contribution in [2.75, 3.05) is 0 Å². The summed E-state index contributed by atoms with van der Waals surface area (Å²) in [5, 5.41) is 0. The highest BCUT2D eigenvalue weighted by molar-refractivity contribution is 5.65. The van der Waals surface area contributed by atoms with Crippen LogP contribution in [-0.2, 0) is 19.3 Å². The van der Waals surface area contributed by atoms with E-state index >= 15 is 0 Å². The topological polar surface area (TPSA) is 0 Å². The standard InChI is InChI=1S/C27H38/c1-3-5-6-7-8-9-11-22-12-15-24(16-13-22)26-19-18-25-20-23(10-4-2)14-17-27(25)21-26/h12-13,15-16,18-19,21,23H,3-11,14,17,20H2,1-2H3. The van der Waals surface area contributed by atoms with Crippen LogP contribution in [0.5, 0.6) is 0 Å². The number of unbranched alkanes of at least 4 members (excludes halogenated alkanes) is 5. The average Bonchev–Trinajstić information content (AvgIpc) is 2.71. The zero-order chi connectivity index (χ0) is 18.9. The molecule has 0 bridgehead atoms. The number of hydrogen-bond acceptors (Lipinski definition) is 0. The maximum atomic E-state index is 2.46. The third kappa shape index (κ3) is 5.96. The fraction of sp³-hybridized carbons (Fsp3) is 0.556. The van der Waals surface area contributed by atoms with Gasteiger partial charge in [-0.05, 0) is 65.8 Å². The van der Waals surface area contributed by atoms with Gasteiger partial charge in [-0.2, -0.15) is 0 Å². The summed E-state index contributed by atoms with van der Waals surface area (Å²) in [7, 11) is 0. The summed E-state index contributed by atoms with van der Waals surface area (Å²) in [6.45, 7) is 4.60. The number of hydrogen-bond donors (Lipinski definition) is 0. The van der Waals surface area contributed by atoms with Gasteiger partial charge in [0.1, 0.15) is 0 Å². The van der Waals surface area contributed by atoms with E-state index in [0.717, 1.165) is 5.92 Å². The van der Waals surface area contributed by atoms with Crippen molar-refractivity contribution >= 4 is 0 Å². The Kier molecular flexibility index (Phi) is 7.99. The van der Waals surface area contributed by atoms with Gasteiger partial charge in [-0.3, -0.25) is 0 Å². The van der Waals surface area contributed by atoms with Crippen LogP contribution in [0, 0.1) is 5.92 Å². The first-order valence-electron chi connectivity index (χ1n) is 11.5. The van der Waals surface area contributed by atoms with Gasteiger partial charge in [0.2, 0.25) is 0 Å². The van der Waals surface area contributed by atoms with Crippen molar-refractivity contribution < 1.29 is 0 Å². The molecule has 0 saturated carbocycles. The normalized spacial score (nSPS) is 16.3. The Labute approximate surface area is 167 Å². The molecule has 1 aliphatic rings. The Balaban J connectivity index is 1.54. The molecule has 27 heavy (non-hydrogen) atoms. The Morgan fingerprint density at radius 2 is 1.48 bits per heavy atom. The van der Waals surface area contributed by atoms with Crippen molar-refractivity contribution in [2.24, 2.45) is 5.92 Å². The number of aryl methyl sites for hydroxylation is 2. The molecular weight excluding hydrogens is 324 g/mol. The first-order valence-corrected chi connectivity index (χ1v) is 11.5. The van der Waals surface area contributed by atoms with Gasteiger partial charge in [0, 0.05) is 0 Å². The smallest absolute Gasteiger partial charge is 0.0181 e. The molecule has 0 fully saturated rings. The fourth-order valence-electron chi connectivity index (χ4n) is 4.64. The zero-order valence-electron chi connectivity index (χ0n) is 17.6. The van der Waals surface area contributed by atoms with Crippen molar-refractivity contribution in [1.82, 2.24) is 0 Å². The Bertz CT molecular complexity index is 680. The second-order valence-electron chi connectivity index (χ2n) is 8.60. The third-order valence-electron chi connectivity index (χ3n) is 6.34. The molecule has 0 nitrogen and oxygen atoms in total. The van der Waals surface area contributed by atoms with Crippen LogP contribution >= 0.6 is 0 Å². The van der Waals surface area contributed by atoms with Crippen LogP contribution in [0.3, 0.4) is 0 Å². The number of benzene rings is 2. The maximum absolute atomic E-state index is 2.46.